The number of benzene rings is 1. The first kappa shape index (κ1) is 16.3. The minimum absolute atomic E-state index is 0.0425. The highest BCUT2D eigenvalue weighted by Gasteiger charge is 2.35. The van der Waals surface area contributed by atoms with E-state index in [1.54, 1.807) is 12.1 Å². The Bertz CT molecular complexity index is 658. The molecule has 22 heavy (non-hydrogen) atoms. The maximum atomic E-state index is 12.9. The largest absolute Gasteiger partial charge is 0.497 e. The van der Waals surface area contributed by atoms with Crippen LogP contribution in [-0.4, -0.2) is 34.8 Å². The molecule has 1 aromatic carbocycles. The van der Waals surface area contributed by atoms with Crippen molar-refractivity contribution in [3.63, 3.8) is 0 Å². The molecule has 2 N–H and O–H groups in total. The molecule has 1 atom stereocenters. The molecule has 0 aliphatic rings. The smallest absolute Gasteiger partial charge is 0.451 e. The van der Waals surface area contributed by atoms with E-state index in [-0.39, 0.29) is 24.0 Å². The molecule has 0 spiro atoms. The van der Waals surface area contributed by atoms with Crippen LogP contribution in [-0.2, 0) is 6.18 Å². The van der Waals surface area contributed by atoms with Gasteiger partial charge in [-0.25, -0.2) is 9.97 Å². The summed E-state index contributed by atoms with van der Waals surface area (Å²) >= 11 is 0. The average Bonchev–Trinajstić information content (AvgIpc) is 2.50. The van der Waals surface area contributed by atoms with E-state index in [2.05, 4.69) is 15.3 Å². The number of anilines is 1. The third-order valence-corrected chi connectivity index (χ3v) is 3.21. The summed E-state index contributed by atoms with van der Waals surface area (Å²) in [5, 5.41) is 12.5. The molecule has 0 radical (unpaired) electrons. The summed E-state index contributed by atoms with van der Waals surface area (Å²) < 4.78 is 43.8. The second kappa shape index (κ2) is 6.35. The minimum atomic E-state index is -4.66. The monoisotopic (exact) mass is 315 g/mol. The number of aromatic nitrogens is 2. The zero-order valence-electron chi connectivity index (χ0n) is 12.1. The van der Waals surface area contributed by atoms with Crippen LogP contribution in [0.25, 0.3) is 10.9 Å². The van der Waals surface area contributed by atoms with Gasteiger partial charge in [0.2, 0.25) is 5.82 Å². The Hall–Kier alpha value is -2.09. The van der Waals surface area contributed by atoms with Crippen LogP contribution >= 0.6 is 0 Å². The van der Waals surface area contributed by atoms with Crippen molar-refractivity contribution in [3.8, 4) is 5.75 Å². The van der Waals surface area contributed by atoms with Crippen molar-refractivity contribution in [2.75, 3.05) is 19.0 Å². The van der Waals surface area contributed by atoms with Crippen LogP contribution < -0.4 is 10.1 Å². The number of fused-ring (bicyclic) bond motifs is 1. The molecule has 8 heteroatoms. The lowest BCUT2D eigenvalue weighted by atomic mass is 10.2. The number of nitrogens with one attached hydrogen (secondary N) is 1. The molecule has 120 valence electrons. The summed E-state index contributed by atoms with van der Waals surface area (Å²) in [6, 6.07) is 4.23. The number of ether oxygens (including phenoxy) is 1. The van der Waals surface area contributed by atoms with Gasteiger partial charge in [0.1, 0.15) is 11.6 Å². The van der Waals surface area contributed by atoms with E-state index >= 15 is 0 Å². The number of methoxy groups -OCH3 is 1. The SMILES string of the molecule is CCC(CO)Nc1nc(C(F)(F)F)nc2cc(OC)ccc12. The number of aliphatic hydroxyl groups excluding tert-OH is 1. The fraction of sp³-hybridized carbons (Fsp3) is 0.429. The van der Waals surface area contributed by atoms with Gasteiger partial charge in [-0.1, -0.05) is 6.92 Å². The maximum absolute atomic E-state index is 12.9. The molecule has 0 fully saturated rings. The maximum Gasteiger partial charge on any atom is 0.451 e. The fourth-order valence-corrected chi connectivity index (χ4v) is 1.94. The highest BCUT2D eigenvalue weighted by Crippen LogP contribution is 2.32. The Morgan fingerprint density at radius 3 is 2.59 bits per heavy atom. The van der Waals surface area contributed by atoms with Crippen molar-refractivity contribution in [2.45, 2.75) is 25.6 Å². The lowest BCUT2D eigenvalue weighted by Gasteiger charge is -2.17. The number of alkyl halides is 3. The van der Waals surface area contributed by atoms with Gasteiger partial charge < -0.3 is 15.2 Å². The van der Waals surface area contributed by atoms with Crippen LogP contribution in [0.5, 0.6) is 5.75 Å². The van der Waals surface area contributed by atoms with Gasteiger partial charge in [0.05, 0.1) is 25.3 Å². The van der Waals surface area contributed by atoms with Crippen LogP contribution in [0.4, 0.5) is 19.0 Å². The van der Waals surface area contributed by atoms with E-state index in [9.17, 15) is 18.3 Å². The van der Waals surface area contributed by atoms with Crippen molar-refractivity contribution in [3.05, 3.63) is 24.0 Å². The Morgan fingerprint density at radius 2 is 2.05 bits per heavy atom. The van der Waals surface area contributed by atoms with E-state index in [4.69, 9.17) is 4.74 Å². The summed E-state index contributed by atoms with van der Waals surface area (Å²) in [7, 11) is 1.42. The molecule has 5 nitrogen and oxygen atoms in total. The zero-order valence-corrected chi connectivity index (χ0v) is 12.1. The summed E-state index contributed by atoms with van der Waals surface area (Å²) in [5.41, 5.74) is 0.122. The lowest BCUT2D eigenvalue weighted by Crippen LogP contribution is -2.24. The summed E-state index contributed by atoms with van der Waals surface area (Å²) in [6.07, 6.45) is -4.12. The van der Waals surface area contributed by atoms with Crippen LogP contribution in [0.3, 0.4) is 0 Å². The van der Waals surface area contributed by atoms with Crippen molar-refractivity contribution in [2.24, 2.45) is 0 Å². The molecule has 0 saturated carbocycles. The first-order valence-corrected chi connectivity index (χ1v) is 6.69. The van der Waals surface area contributed by atoms with Gasteiger partial charge in [-0.3, -0.25) is 0 Å². The second-order valence-electron chi connectivity index (χ2n) is 4.71. The standard InChI is InChI=1S/C14H16F3N3O2/c1-3-8(7-21)18-12-10-5-4-9(22-2)6-11(10)19-13(20-12)14(15,16)17/h4-6,8,21H,3,7H2,1-2H3,(H,18,19,20). The number of rotatable bonds is 5. The van der Waals surface area contributed by atoms with E-state index in [1.165, 1.54) is 13.2 Å². The molecule has 0 bridgehead atoms. The molecular formula is C14H16F3N3O2. The highest BCUT2D eigenvalue weighted by atomic mass is 19.4. The first-order valence-electron chi connectivity index (χ1n) is 6.69. The van der Waals surface area contributed by atoms with E-state index in [0.29, 0.717) is 17.6 Å². The summed E-state index contributed by atoms with van der Waals surface area (Å²) in [4.78, 5) is 7.12. The topological polar surface area (TPSA) is 67.3 Å². The molecule has 2 aromatic rings. The van der Waals surface area contributed by atoms with Gasteiger partial charge >= 0.3 is 6.18 Å². The number of halogens is 3. The van der Waals surface area contributed by atoms with Gasteiger partial charge in [-0.2, -0.15) is 13.2 Å². The van der Waals surface area contributed by atoms with Crippen molar-refractivity contribution in [1.29, 1.82) is 0 Å². The second-order valence-corrected chi connectivity index (χ2v) is 4.71. The number of aliphatic hydroxyl groups is 1. The Balaban J connectivity index is 2.60. The van der Waals surface area contributed by atoms with Gasteiger partial charge in [0.15, 0.2) is 0 Å². The minimum Gasteiger partial charge on any atom is -0.497 e. The van der Waals surface area contributed by atoms with Gasteiger partial charge in [-0.05, 0) is 18.6 Å². The molecular weight excluding hydrogens is 299 g/mol. The quantitative estimate of drug-likeness (QED) is 0.888. The van der Waals surface area contributed by atoms with Crippen molar-refractivity contribution >= 4 is 16.7 Å². The highest BCUT2D eigenvalue weighted by molar-refractivity contribution is 5.90. The van der Waals surface area contributed by atoms with Gasteiger partial charge in [0, 0.05) is 11.5 Å². The molecule has 0 saturated heterocycles. The predicted molar refractivity (Wildman–Crippen MR) is 75.9 cm³/mol. The van der Waals surface area contributed by atoms with E-state index < -0.39 is 12.0 Å². The molecule has 1 aromatic heterocycles. The third kappa shape index (κ3) is 3.38. The van der Waals surface area contributed by atoms with Crippen LogP contribution in [0.2, 0.25) is 0 Å². The van der Waals surface area contributed by atoms with Crippen LogP contribution in [0.15, 0.2) is 18.2 Å². The summed E-state index contributed by atoms with van der Waals surface area (Å²) in [6.45, 7) is 1.60. The number of hydrogen-bond donors (Lipinski definition) is 2. The molecule has 1 unspecified atom stereocenters. The predicted octanol–water partition coefficient (Wildman–Crippen LogP) is 2.84. The average molecular weight is 315 g/mol. The van der Waals surface area contributed by atoms with Crippen molar-refractivity contribution in [1.82, 2.24) is 9.97 Å². The Morgan fingerprint density at radius 1 is 1.32 bits per heavy atom. The molecule has 0 amide bonds. The Labute approximate surface area is 125 Å². The lowest BCUT2D eigenvalue weighted by molar-refractivity contribution is -0.144. The van der Waals surface area contributed by atoms with Gasteiger partial charge in [-0.15, -0.1) is 0 Å². The number of hydrogen-bond acceptors (Lipinski definition) is 5. The number of nitrogens with zero attached hydrogens (tertiary/aromatic N) is 2. The van der Waals surface area contributed by atoms with Crippen LogP contribution in [0.1, 0.15) is 19.2 Å². The van der Waals surface area contributed by atoms with Gasteiger partial charge in [0.25, 0.3) is 0 Å². The van der Waals surface area contributed by atoms with Crippen molar-refractivity contribution < 1.29 is 23.0 Å². The molecule has 1 heterocycles. The third-order valence-electron chi connectivity index (χ3n) is 3.21. The first-order chi connectivity index (χ1) is 10.4. The zero-order chi connectivity index (χ0) is 16.3. The fourth-order valence-electron chi connectivity index (χ4n) is 1.94. The molecule has 0 aliphatic heterocycles. The van der Waals surface area contributed by atoms with E-state index in [1.807, 2.05) is 6.92 Å². The van der Waals surface area contributed by atoms with Crippen LogP contribution in [0, 0.1) is 0 Å². The molecule has 2 rings (SSSR count). The normalized spacial score (nSPS) is 13.2. The summed E-state index contributed by atoms with van der Waals surface area (Å²) in [5.74, 6) is -0.788. The van der Waals surface area contributed by atoms with E-state index in [0.717, 1.165) is 0 Å². The Kier molecular flexibility index (Phi) is 4.70. The molecule has 0 aliphatic carbocycles.